The molecule has 0 atom stereocenters. The van der Waals surface area contributed by atoms with Gasteiger partial charge in [0, 0.05) is 24.6 Å². The van der Waals surface area contributed by atoms with Gasteiger partial charge in [-0.15, -0.1) is 0 Å². The molecule has 3 rings (SSSR count). The van der Waals surface area contributed by atoms with Crippen molar-refractivity contribution in [3.8, 4) is 0 Å². The van der Waals surface area contributed by atoms with Gasteiger partial charge in [-0.1, -0.05) is 13.0 Å². The summed E-state index contributed by atoms with van der Waals surface area (Å²) in [5, 5.41) is 0. The van der Waals surface area contributed by atoms with Gasteiger partial charge in [-0.3, -0.25) is 0 Å². The predicted molar refractivity (Wildman–Crippen MR) is 87.2 cm³/mol. The van der Waals surface area contributed by atoms with Gasteiger partial charge in [0.1, 0.15) is 11.3 Å². The molecule has 1 saturated carbocycles. The highest BCUT2D eigenvalue weighted by atomic mass is 32.2. The summed E-state index contributed by atoms with van der Waals surface area (Å²) >= 11 is 1.78. The first-order valence-electron chi connectivity index (χ1n) is 7.58. The smallest absolute Gasteiger partial charge is 0.312 e. The largest absolute Gasteiger partial charge is 0.417 e. The fraction of sp³-hybridized carbons (Fsp3) is 0.500. The number of hydrogen-bond acceptors (Lipinski definition) is 3. The minimum atomic E-state index is -4.40. The lowest BCUT2D eigenvalue weighted by Gasteiger charge is -2.07. The molecule has 1 aliphatic carbocycles. The molecule has 0 bridgehead atoms. The maximum absolute atomic E-state index is 12.8. The van der Waals surface area contributed by atoms with E-state index >= 15 is 0 Å². The van der Waals surface area contributed by atoms with E-state index in [1.807, 2.05) is 7.05 Å². The highest BCUT2D eigenvalue weighted by Gasteiger charge is 2.32. The van der Waals surface area contributed by atoms with Crippen molar-refractivity contribution >= 4 is 28.5 Å². The number of aryl methyl sites for hydroxylation is 1. The molecular formula is C16H18F3N3S. The summed E-state index contributed by atoms with van der Waals surface area (Å²) in [5.41, 5.74) is 1.11. The molecule has 1 fully saturated rings. The van der Waals surface area contributed by atoms with Crippen molar-refractivity contribution in [2.45, 2.75) is 25.9 Å². The summed E-state index contributed by atoms with van der Waals surface area (Å²) < 4.78 is 40.3. The third kappa shape index (κ3) is 3.54. The zero-order valence-electron chi connectivity index (χ0n) is 13.0. The normalized spacial score (nSPS) is 16.3. The van der Waals surface area contributed by atoms with E-state index < -0.39 is 11.7 Å². The minimum Gasteiger partial charge on any atom is -0.312 e. The van der Waals surface area contributed by atoms with Crippen LogP contribution in [0, 0.1) is 5.92 Å². The Morgan fingerprint density at radius 2 is 2.17 bits per heavy atom. The van der Waals surface area contributed by atoms with Gasteiger partial charge in [-0.25, -0.2) is 9.97 Å². The van der Waals surface area contributed by atoms with Crippen LogP contribution in [0.5, 0.6) is 0 Å². The molecule has 7 heteroatoms. The molecule has 0 saturated heterocycles. The maximum atomic E-state index is 12.8. The van der Waals surface area contributed by atoms with Crippen LogP contribution in [-0.4, -0.2) is 26.0 Å². The van der Waals surface area contributed by atoms with Crippen molar-refractivity contribution < 1.29 is 13.2 Å². The maximum Gasteiger partial charge on any atom is 0.417 e. The number of alkyl halides is 3. The highest BCUT2D eigenvalue weighted by Crippen LogP contribution is 2.35. The summed E-state index contributed by atoms with van der Waals surface area (Å²) in [5.74, 6) is 3.11. The Hall–Kier alpha value is -1.50. The number of fused-ring (bicyclic) bond motifs is 1. The molecule has 2 aromatic rings. The third-order valence-electron chi connectivity index (χ3n) is 3.84. The first-order valence-corrected chi connectivity index (χ1v) is 8.74. The number of allylic oxidation sites excluding steroid dienone is 1. The van der Waals surface area contributed by atoms with E-state index in [0.29, 0.717) is 17.1 Å². The third-order valence-corrected chi connectivity index (χ3v) is 4.77. The van der Waals surface area contributed by atoms with E-state index in [0.717, 1.165) is 35.2 Å². The summed E-state index contributed by atoms with van der Waals surface area (Å²) in [7, 11) is 1.81. The zero-order chi connectivity index (χ0) is 16.6. The zero-order valence-corrected chi connectivity index (χ0v) is 13.8. The van der Waals surface area contributed by atoms with Crippen LogP contribution in [0.15, 0.2) is 18.3 Å². The lowest BCUT2D eigenvalue weighted by molar-refractivity contribution is -0.137. The second-order valence-corrected chi connectivity index (χ2v) is 7.00. The second-order valence-electron chi connectivity index (χ2n) is 5.73. The Kier molecular flexibility index (Phi) is 4.40. The van der Waals surface area contributed by atoms with Gasteiger partial charge >= 0.3 is 6.18 Å². The number of rotatable bonds is 5. The van der Waals surface area contributed by atoms with E-state index in [1.54, 1.807) is 16.3 Å². The van der Waals surface area contributed by atoms with Crippen LogP contribution in [0.2, 0.25) is 0 Å². The summed E-state index contributed by atoms with van der Waals surface area (Å²) in [6.45, 7) is 2.09. The molecular weight excluding hydrogens is 323 g/mol. The first kappa shape index (κ1) is 16.4. The molecule has 23 heavy (non-hydrogen) atoms. The van der Waals surface area contributed by atoms with Gasteiger partial charge < -0.3 is 4.57 Å². The molecule has 0 spiro atoms. The Bertz CT molecular complexity index is 745. The van der Waals surface area contributed by atoms with Crippen molar-refractivity contribution in [1.82, 2.24) is 14.5 Å². The molecule has 1 aliphatic rings. The number of pyridine rings is 1. The Morgan fingerprint density at radius 3 is 2.78 bits per heavy atom. The lowest BCUT2D eigenvalue weighted by Crippen LogP contribution is -2.05. The van der Waals surface area contributed by atoms with Crippen LogP contribution < -0.4 is 0 Å². The Morgan fingerprint density at radius 1 is 1.43 bits per heavy atom. The van der Waals surface area contributed by atoms with Crippen LogP contribution in [0.4, 0.5) is 13.2 Å². The number of halogens is 3. The van der Waals surface area contributed by atoms with Crippen molar-refractivity contribution in [2.75, 3.05) is 11.5 Å². The Labute approximate surface area is 137 Å². The first-order chi connectivity index (χ1) is 10.9. The van der Waals surface area contributed by atoms with Gasteiger partial charge in [0.15, 0.2) is 5.65 Å². The molecule has 3 nitrogen and oxygen atoms in total. The number of hydrogen-bond donors (Lipinski definition) is 0. The van der Waals surface area contributed by atoms with E-state index in [9.17, 15) is 13.2 Å². The molecule has 0 unspecified atom stereocenters. The van der Waals surface area contributed by atoms with Gasteiger partial charge in [0.05, 0.1) is 5.56 Å². The van der Waals surface area contributed by atoms with Crippen LogP contribution >= 0.6 is 11.8 Å². The number of thioether (sulfide) groups is 1. The minimum absolute atomic E-state index is 0.292. The molecule has 2 heterocycles. The monoisotopic (exact) mass is 341 g/mol. The fourth-order valence-electron chi connectivity index (χ4n) is 2.46. The standard InChI is InChI=1S/C16H18F3N3S/c1-3-23-9-11(6-10-4-5-10)14-21-13-7-12(16(17,18)19)8-20-15(13)22(14)2/h6-8,10H,3-5,9H2,1-2H3/b11-6+. The molecule has 0 amide bonds. The lowest BCUT2D eigenvalue weighted by atomic mass is 10.2. The quantitative estimate of drug-likeness (QED) is 0.800. The molecule has 2 aromatic heterocycles. The van der Waals surface area contributed by atoms with E-state index in [4.69, 9.17) is 0 Å². The van der Waals surface area contributed by atoms with E-state index in [2.05, 4.69) is 23.0 Å². The summed E-state index contributed by atoms with van der Waals surface area (Å²) in [6.07, 6.45) is 1.05. The van der Waals surface area contributed by atoms with Crippen LogP contribution in [0.3, 0.4) is 0 Å². The predicted octanol–water partition coefficient (Wildman–Crippen LogP) is 4.53. The molecule has 0 aliphatic heterocycles. The molecule has 0 radical (unpaired) electrons. The average molecular weight is 341 g/mol. The topological polar surface area (TPSA) is 30.7 Å². The number of imidazole rings is 1. The fourth-order valence-corrected chi connectivity index (χ4v) is 3.11. The summed E-state index contributed by atoms with van der Waals surface area (Å²) in [4.78, 5) is 8.41. The van der Waals surface area contributed by atoms with Crippen LogP contribution in [0.25, 0.3) is 16.7 Å². The number of aromatic nitrogens is 3. The van der Waals surface area contributed by atoms with Gasteiger partial charge in [-0.05, 0) is 30.6 Å². The average Bonchev–Trinajstić information content (AvgIpc) is 3.26. The van der Waals surface area contributed by atoms with E-state index in [-0.39, 0.29) is 0 Å². The molecule has 124 valence electrons. The molecule has 0 aromatic carbocycles. The van der Waals surface area contributed by atoms with E-state index in [1.165, 1.54) is 12.8 Å². The van der Waals surface area contributed by atoms with Gasteiger partial charge in [-0.2, -0.15) is 24.9 Å². The van der Waals surface area contributed by atoms with Crippen molar-refractivity contribution in [3.05, 3.63) is 29.7 Å². The van der Waals surface area contributed by atoms with Crippen molar-refractivity contribution in [1.29, 1.82) is 0 Å². The Balaban J connectivity index is 2.04. The SMILES string of the molecule is CCSC/C(=C\C1CC1)c1nc2cc(C(F)(F)F)cnc2n1C. The number of nitrogens with zero attached hydrogens (tertiary/aromatic N) is 3. The van der Waals surface area contributed by atoms with Crippen molar-refractivity contribution in [2.24, 2.45) is 13.0 Å². The summed E-state index contributed by atoms with van der Waals surface area (Å²) in [6, 6.07) is 1.08. The molecule has 0 N–H and O–H groups in total. The van der Waals surface area contributed by atoms with Crippen LogP contribution in [-0.2, 0) is 13.2 Å². The van der Waals surface area contributed by atoms with Gasteiger partial charge in [0.25, 0.3) is 0 Å². The van der Waals surface area contributed by atoms with Crippen LogP contribution in [0.1, 0.15) is 31.2 Å². The second kappa shape index (κ2) is 6.19. The van der Waals surface area contributed by atoms with Gasteiger partial charge in [0.2, 0.25) is 0 Å². The van der Waals surface area contributed by atoms with Crippen molar-refractivity contribution in [3.63, 3.8) is 0 Å². The highest BCUT2D eigenvalue weighted by molar-refractivity contribution is 7.99.